The van der Waals surface area contributed by atoms with Gasteiger partial charge in [-0.05, 0) is 11.4 Å². The minimum absolute atomic E-state index is 0.694. The number of aromatic amines is 1. The summed E-state index contributed by atoms with van der Waals surface area (Å²) in [5.74, 6) is 0. The highest BCUT2D eigenvalue weighted by Gasteiger charge is 2.18. The molecule has 0 amide bonds. The van der Waals surface area contributed by atoms with E-state index >= 15 is 0 Å². The van der Waals surface area contributed by atoms with Gasteiger partial charge in [-0.1, -0.05) is 6.07 Å². The SMILES string of the molecule is c1csc(-c2n[nH]c3c2COCC3)c1. The molecule has 72 valence electrons. The van der Waals surface area contributed by atoms with Gasteiger partial charge in [0.25, 0.3) is 0 Å². The number of rotatable bonds is 1. The van der Waals surface area contributed by atoms with Crippen LogP contribution in [-0.2, 0) is 17.8 Å². The average molecular weight is 206 g/mol. The van der Waals surface area contributed by atoms with E-state index in [1.165, 1.54) is 16.1 Å². The Morgan fingerprint density at radius 3 is 3.36 bits per heavy atom. The number of nitrogens with zero attached hydrogens (tertiary/aromatic N) is 1. The summed E-state index contributed by atoms with van der Waals surface area (Å²) in [6.07, 6.45) is 0.952. The van der Waals surface area contributed by atoms with E-state index in [0.717, 1.165) is 18.7 Å². The maximum absolute atomic E-state index is 5.44. The van der Waals surface area contributed by atoms with Crippen molar-refractivity contribution in [3.63, 3.8) is 0 Å². The molecular weight excluding hydrogens is 196 g/mol. The van der Waals surface area contributed by atoms with Crippen molar-refractivity contribution in [2.45, 2.75) is 13.0 Å². The molecule has 1 aliphatic heterocycles. The lowest BCUT2D eigenvalue weighted by atomic mass is 10.1. The van der Waals surface area contributed by atoms with Crippen molar-refractivity contribution >= 4 is 11.3 Å². The van der Waals surface area contributed by atoms with E-state index in [1.807, 2.05) is 6.07 Å². The minimum atomic E-state index is 0.694. The molecule has 0 spiro atoms. The van der Waals surface area contributed by atoms with Crippen molar-refractivity contribution in [1.82, 2.24) is 10.2 Å². The molecule has 2 aromatic heterocycles. The number of aromatic nitrogens is 2. The minimum Gasteiger partial charge on any atom is -0.376 e. The highest BCUT2D eigenvalue weighted by Crippen LogP contribution is 2.30. The summed E-state index contributed by atoms with van der Waals surface area (Å²) in [4.78, 5) is 1.22. The van der Waals surface area contributed by atoms with Crippen LogP contribution in [0, 0.1) is 0 Å². The van der Waals surface area contributed by atoms with Crippen molar-refractivity contribution < 1.29 is 4.74 Å². The Hall–Kier alpha value is -1.13. The highest BCUT2D eigenvalue weighted by molar-refractivity contribution is 7.13. The van der Waals surface area contributed by atoms with Gasteiger partial charge in [0.2, 0.25) is 0 Å². The van der Waals surface area contributed by atoms with Crippen LogP contribution >= 0.6 is 11.3 Å². The Balaban J connectivity index is 2.11. The fourth-order valence-corrected chi connectivity index (χ4v) is 2.47. The molecule has 14 heavy (non-hydrogen) atoms. The van der Waals surface area contributed by atoms with E-state index < -0.39 is 0 Å². The van der Waals surface area contributed by atoms with Gasteiger partial charge in [-0.2, -0.15) is 5.10 Å². The predicted octanol–water partition coefficient (Wildman–Crippen LogP) is 2.21. The van der Waals surface area contributed by atoms with Gasteiger partial charge in [-0.15, -0.1) is 11.3 Å². The van der Waals surface area contributed by atoms with Crippen molar-refractivity contribution in [2.24, 2.45) is 0 Å². The summed E-state index contributed by atoms with van der Waals surface area (Å²) >= 11 is 1.72. The number of thiophene rings is 1. The monoisotopic (exact) mass is 206 g/mol. The normalized spacial score (nSPS) is 15.4. The Labute approximate surface area is 85.7 Å². The molecule has 0 unspecified atom stereocenters. The molecule has 0 atom stereocenters. The van der Waals surface area contributed by atoms with Gasteiger partial charge in [0, 0.05) is 17.7 Å². The zero-order valence-electron chi connectivity index (χ0n) is 7.62. The molecule has 0 saturated carbocycles. The smallest absolute Gasteiger partial charge is 0.108 e. The molecule has 0 saturated heterocycles. The summed E-state index contributed by atoms with van der Waals surface area (Å²) in [6, 6.07) is 4.14. The summed E-state index contributed by atoms with van der Waals surface area (Å²) < 4.78 is 5.44. The standard InChI is InChI=1S/C10H10N2OS/c1-2-9(14-5-1)10-7-6-13-4-3-8(7)11-12-10/h1-2,5H,3-4,6H2,(H,11,12). The van der Waals surface area contributed by atoms with Gasteiger partial charge in [0.05, 0.1) is 18.1 Å². The highest BCUT2D eigenvalue weighted by atomic mass is 32.1. The average Bonchev–Trinajstić information content (AvgIpc) is 2.85. The number of H-pyrrole nitrogens is 1. The van der Waals surface area contributed by atoms with Gasteiger partial charge in [-0.3, -0.25) is 5.10 Å². The summed E-state index contributed by atoms with van der Waals surface area (Å²) in [7, 11) is 0. The number of nitrogens with one attached hydrogen (secondary N) is 1. The van der Waals surface area contributed by atoms with Gasteiger partial charge in [0.15, 0.2) is 0 Å². The third-order valence-corrected chi connectivity index (χ3v) is 3.33. The zero-order valence-corrected chi connectivity index (χ0v) is 8.43. The van der Waals surface area contributed by atoms with E-state index in [0.29, 0.717) is 6.61 Å². The van der Waals surface area contributed by atoms with E-state index in [1.54, 1.807) is 11.3 Å². The molecule has 3 heterocycles. The number of ether oxygens (including phenoxy) is 1. The predicted molar refractivity (Wildman–Crippen MR) is 55.3 cm³/mol. The Bertz CT molecular complexity index is 433. The molecule has 3 nitrogen and oxygen atoms in total. The quantitative estimate of drug-likeness (QED) is 0.776. The summed E-state index contributed by atoms with van der Waals surface area (Å²) in [6.45, 7) is 1.50. The van der Waals surface area contributed by atoms with Crippen LogP contribution in [0.15, 0.2) is 17.5 Å². The van der Waals surface area contributed by atoms with Crippen molar-refractivity contribution in [2.75, 3.05) is 6.61 Å². The third kappa shape index (κ3) is 1.19. The molecule has 2 aromatic rings. The molecular formula is C10H10N2OS. The summed E-state index contributed by atoms with van der Waals surface area (Å²) in [5, 5.41) is 9.51. The molecule has 4 heteroatoms. The Morgan fingerprint density at radius 2 is 2.50 bits per heavy atom. The molecule has 0 aliphatic carbocycles. The van der Waals surface area contributed by atoms with E-state index in [-0.39, 0.29) is 0 Å². The van der Waals surface area contributed by atoms with Gasteiger partial charge in [-0.25, -0.2) is 0 Å². The first-order valence-electron chi connectivity index (χ1n) is 4.63. The van der Waals surface area contributed by atoms with E-state index in [9.17, 15) is 0 Å². The third-order valence-electron chi connectivity index (χ3n) is 2.45. The van der Waals surface area contributed by atoms with Gasteiger partial charge in [0.1, 0.15) is 5.69 Å². The Morgan fingerprint density at radius 1 is 1.50 bits per heavy atom. The largest absolute Gasteiger partial charge is 0.376 e. The first kappa shape index (κ1) is 8.20. The van der Waals surface area contributed by atoms with E-state index in [2.05, 4.69) is 21.6 Å². The summed E-state index contributed by atoms with van der Waals surface area (Å²) in [5.41, 5.74) is 3.54. The fraction of sp³-hybridized carbons (Fsp3) is 0.300. The maximum Gasteiger partial charge on any atom is 0.108 e. The lowest BCUT2D eigenvalue weighted by Gasteiger charge is -2.11. The zero-order chi connectivity index (χ0) is 9.38. The van der Waals surface area contributed by atoms with Crippen LogP contribution in [0.4, 0.5) is 0 Å². The molecule has 0 fully saturated rings. The number of hydrogen-bond donors (Lipinski definition) is 1. The van der Waals surface area contributed by atoms with Crippen LogP contribution in [0.25, 0.3) is 10.6 Å². The van der Waals surface area contributed by atoms with Crippen LogP contribution in [-0.4, -0.2) is 16.8 Å². The van der Waals surface area contributed by atoms with Crippen LogP contribution < -0.4 is 0 Å². The molecule has 0 aromatic carbocycles. The second kappa shape index (κ2) is 3.22. The first-order valence-corrected chi connectivity index (χ1v) is 5.51. The van der Waals surface area contributed by atoms with Gasteiger partial charge >= 0.3 is 0 Å². The van der Waals surface area contributed by atoms with Crippen LogP contribution in [0.5, 0.6) is 0 Å². The number of fused-ring (bicyclic) bond motifs is 1. The van der Waals surface area contributed by atoms with Crippen molar-refractivity contribution in [3.05, 3.63) is 28.8 Å². The van der Waals surface area contributed by atoms with Crippen molar-refractivity contribution in [1.29, 1.82) is 0 Å². The molecule has 0 bridgehead atoms. The second-order valence-corrected chi connectivity index (χ2v) is 4.26. The lowest BCUT2D eigenvalue weighted by molar-refractivity contribution is 0.110. The van der Waals surface area contributed by atoms with Crippen molar-refractivity contribution in [3.8, 4) is 10.6 Å². The van der Waals surface area contributed by atoms with Gasteiger partial charge < -0.3 is 4.74 Å². The Kier molecular flexibility index (Phi) is 1.89. The van der Waals surface area contributed by atoms with Crippen LogP contribution in [0.3, 0.4) is 0 Å². The topological polar surface area (TPSA) is 37.9 Å². The first-order chi connectivity index (χ1) is 6.95. The van der Waals surface area contributed by atoms with Crippen LogP contribution in [0.2, 0.25) is 0 Å². The molecule has 0 radical (unpaired) electrons. The second-order valence-electron chi connectivity index (χ2n) is 3.31. The number of hydrogen-bond acceptors (Lipinski definition) is 3. The van der Waals surface area contributed by atoms with Crippen LogP contribution in [0.1, 0.15) is 11.3 Å². The van der Waals surface area contributed by atoms with E-state index in [4.69, 9.17) is 4.74 Å². The molecule has 1 aliphatic rings. The molecule has 1 N–H and O–H groups in total. The lowest BCUT2D eigenvalue weighted by Crippen LogP contribution is -2.08. The molecule has 3 rings (SSSR count). The fourth-order valence-electron chi connectivity index (χ4n) is 1.73. The maximum atomic E-state index is 5.44.